The first-order valence-electron chi connectivity index (χ1n) is 19.1. The summed E-state index contributed by atoms with van der Waals surface area (Å²) in [6.07, 6.45) is 5.23. The summed E-state index contributed by atoms with van der Waals surface area (Å²) in [6.45, 7) is 12.0. The van der Waals surface area contributed by atoms with Crippen molar-refractivity contribution in [3.05, 3.63) is 47.1 Å². The van der Waals surface area contributed by atoms with Crippen LogP contribution in [0.5, 0.6) is 0 Å². The van der Waals surface area contributed by atoms with E-state index in [2.05, 4.69) is 13.0 Å². The van der Waals surface area contributed by atoms with Gasteiger partial charge in [-0.1, -0.05) is 37.3 Å². The molecule has 13 heteroatoms. The number of aliphatic hydroxyl groups excluding tert-OH is 2. The van der Waals surface area contributed by atoms with Crippen LogP contribution in [0.3, 0.4) is 0 Å². The minimum atomic E-state index is -1.77. The van der Waals surface area contributed by atoms with Gasteiger partial charge in [-0.05, 0) is 57.8 Å². The fourth-order valence-corrected chi connectivity index (χ4v) is 8.88. The Morgan fingerprint density at radius 1 is 0.962 bits per heavy atom. The van der Waals surface area contributed by atoms with Crippen LogP contribution >= 0.6 is 0 Å². The summed E-state index contributed by atoms with van der Waals surface area (Å²) < 4.78 is 55.6. The lowest BCUT2D eigenvalue weighted by molar-refractivity contribution is -0.350. The Hall–Kier alpha value is -2.01. The molecule has 0 spiro atoms. The second kappa shape index (κ2) is 16.6. The molecule has 6 aliphatic rings. The zero-order chi connectivity index (χ0) is 38.2. The van der Waals surface area contributed by atoms with Crippen molar-refractivity contribution in [2.24, 2.45) is 11.8 Å². The fraction of sp³-hybridized carbons (Fsp3) is 0.775. The van der Waals surface area contributed by atoms with E-state index in [1.54, 1.807) is 40.2 Å². The van der Waals surface area contributed by atoms with Crippen LogP contribution in [-0.4, -0.2) is 134 Å². The average molecular weight is 749 g/mol. The van der Waals surface area contributed by atoms with Crippen LogP contribution in [0.4, 0.5) is 0 Å². The van der Waals surface area contributed by atoms with Crippen molar-refractivity contribution in [1.82, 2.24) is 0 Å². The molecule has 0 saturated carbocycles. The van der Waals surface area contributed by atoms with Crippen molar-refractivity contribution in [2.45, 2.75) is 158 Å². The Balaban J connectivity index is 1.25. The Bertz CT molecular complexity index is 1430. The van der Waals surface area contributed by atoms with Crippen LogP contribution in [0, 0.1) is 11.8 Å². The minimum Gasteiger partial charge on any atom is -0.462 e. The molecule has 53 heavy (non-hydrogen) atoms. The zero-order valence-corrected chi connectivity index (χ0v) is 32.3. The number of esters is 1. The van der Waals surface area contributed by atoms with Gasteiger partial charge in [0.2, 0.25) is 0 Å². The largest absolute Gasteiger partial charge is 0.462 e. The van der Waals surface area contributed by atoms with Crippen molar-refractivity contribution >= 4 is 5.97 Å². The Morgan fingerprint density at radius 3 is 2.45 bits per heavy atom. The second-order valence-corrected chi connectivity index (χ2v) is 15.9. The number of methoxy groups -OCH3 is 2. The van der Waals surface area contributed by atoms with Crippen LogP contribution in [0.25, 0.3) is 0 Å². The number of allylic oxidation sites excluding steroid dienone is 2. The van der Waals surface area contributed by atoms with Crippen molar-refractivity contribution < 1.29 is 62.7 Å². The van der Waals surface area contributed by atoms with E-state index in [0.29, 0.717) is 49.9 Å². The number of hydrogen-bond acceptors (Lipinski definition) is 13. The molecule has 1 aliphatic carbocycles. The summed E-state index contributed by atoms with van der Waals surface area (Å²) in [5, 5.41) is 33.6. The normalized spacial score (nSPS) is 48.4. The monoisotopic (exact) mass is 748 g/mol. The maximum atomic E-state index is 13.7. The predicted molar refractivity (Wildman–Crippen MR) is 191 cm³/mol. The molecule has 4 fully saturated rings. The molecule has 0 aromatic heterocycles. The van der Waals surface area contributed by atoms with Crippen LogP contribution < -0.4 is 0 Å². The Kier molecular flexibility index (Phi) is 12.7. The average Bonchev–Trinajstić information content (AvgIpc) is 3.46. The summed E-state index contributed by atoms with van der Waals surface area (Å²) >= 11 is 0. The first-order chi connectivity index (χ1) is 25.2. The van der Waals surface area contributed by atoms with Crippen LogP contribution in [0.15, 0.2) is 47.1 Å². The summed E-state index contributed by atoms with van der Waals surface area (Å²) in [5.74, 6) is -2.78. The van der Waals surface area contributed by atoms with Gasteiger partial charge in [0.05, 0.1) is 49.8 Å². The van der Waals surface area contributed by atoms with Gasteiger partial charge in [0.15, 0.2) is 12.1 Å². The van der Waals surface area contributed by atoms with Gasteiger partial charge in [-0.2, -0.15) is 0 Å². The number of fused-ring (bicyclic) bond motifs is 2. The van der Waals surface area contributed by atoms with Gasteiger partial charge in [-0.3, -0.25) is 4.79 Å². The van der Waals surface area contributed by atoms with Gasteiger partial charge >= 0.3 is 5.97 Å². The molecular formula is C40H60O13. The standard InChI is InChI=1S/C40H60O13/c1-21-10-9-11-26-20-48-37-33(41)23(3)16-29(40(26,37)44)38(43)50-28-14-15-47-27(17-28)13-12-22(2)35(21)53-39(6)19-31(46-8)36(25(5)52-39)51-32-18-30(45-7)34(42)24(4)49-32/h9-12,16,21,24-25,27-37,41-42,44H,13-15,17-20H2,1-8H3/b10-9+,22-12+,26-11?/t21-,24-,25-,27+,28+,29-,30-,31-,32?,33+,34-,35?,36-,37+,39-,40?/m0/s1. The van der Waals surface area contributed by atoms with E-state index in [9.17, 15) is 20.1 Å². The van der Waals surface area contributed by atoms with E-state index in [1.807, 2.05) is 32.9 Å². The number of aliphatic hydroxyl groups is 3. The number of hydrogen-bond donors (Lipinski definition) is 3. The van der Waals surface area contributed by atoms with Crippen molar-refractivity contribution in [3.8, 4) is 0 Å². The van der Waals surface area contributed by atoms with E-state index in [0.717, 1.165) is 5.57 Å². The quantitative estimate of drug-likeness (QED) is 0.268. The van der Waals surface area contributed by atoms with Gasteiger partial charge in [0.1, 0.15) is 42.0 Å². The highest BCUT2D eigenvalue weighted by molar-refractivity contribution is 5.78. The van der Waals surface area contributed by atoms with Crippen molar-refractivity contribution in [3.63, 3.8) is 0 Å². The smallest absolute Gasteiger partial charge is 0.316 e. The van der Waals surface area contributed by atoms with Gasteiger partial charge in [0, 0.05) is 45.8 Å². The summed E-state index contributed by atoms with van der Waals surface area (Å²) in [7, 11) is 3.22. The molecule has 0 radical (unpaired) electrons. The van der Waals surface area contributed by atoms with Crippen LogP contribution in [0.2, 0.25) is 0 Å². The number of carbonyl (C=O) groups excluding carboxylic acids is 1. The lowest BCUT2D eigenvalue weighted by Crippen LogP contribution is -2.58. The van der Waals surface area contributed by atoms with E-state index in [-0.39, 0.29) is 30.8 Å². The third-order valence-corrected chi connectivity index (χ3v) is 12.0. The third kappa shape index (κ3) is 8.41. The molecule has 0 aromatic rings. The summed E-state index contributed by atoms with van der Waals surface area (Å²) in [5.41, 5.74) is 0.271. The van der Waals surface area contributed by atoms with Crippen molar-refractivity contribution in [2.75, 3.05) is 27.4 Å². The van der Waals surface area contributed by atoms with E-state index >= 15 is 0 Å². The molecular weight excluding hydrogens is 688 g/mol. The molecule has 2 bridgehead atoms. The van der Waals surface area contributed by atoms with Gasteiger partial charge in [-0.25, -0.2) is 0 Å². The van der Waals surface area contributed by atoms with Gasteiger partial charge in [0.25, 0.3) is 0 Å². The third-order valence-electron chi connectivity index (χ3n) is 12.0. The second-order valence-electron chi connectivity index (χ2n) is 15.9. The lowest BCUT2D eigenvalue weighted by atomic mass is 9.71. The predicted octanol–water partition coefficient (Wildman–Crippen LogP) is 3.43. The molecule has 13 nitrogen and oxygen atoms in total. The molecule has 4 saturated heterocycles. The molecule has 0 amide bonds. The topological polar surface area (TPSA) is 161 Å². The molecule has 3 N–H and O–H groups in total. The Morgan fingerprint density at radius 2 is 1.72 bits per heavy atom. The first kappa shape index (κ1) is 40.6. The van der Waals surface area contributed by atoms with Crippen LogP contribution in [0.1, 0.15) is 73.6 Å². The van der Waals surface area contributed by atoms with Gasteiger partial charge < -0.3 is 58.0 Å². The molecule has 0 aromatic carbocycles. The highest BCUT2D eigenvalue weighted by Crippen LogP contribution is 2.46. The molecule has 6 rings (SSSR count). The summed E-state index contributed by atoms with van der Waals surface area (Å²) in [4.78, 5) is 13.7. The van der Waals surface area contributed by atoms with E-state index in [4.69, 9.17) is 42.6 Å². The lowest BCUT2D eigenvalue weighted by Gasteiger charge is -2.48. The molecule has 5 aliphatic heterocycles. The van der Waals surface area contributed by atoms with E-state index in [1.165, 1.54) is 0 Å². The maximum absolute atomic E-state index is 13.7. The molecule has 5 heterocycles. The molecule has 3 unspecified atom stereocenters. The fourth-order valence-electron chi connectivity index (χ4n) is 8.88. The SMILES string of the molecule is CO[C@H]1CC(O[C@H]2[C@H](C)O[C@@](C)(OC3/C(C)=C/C[C@@H]4C[C@@H](CCO4)OC(=O)[C@@H]4C=C(C)[C@@H](O)[C@H]5OCC(=C/C=C/[C@@H]3C)C54O)C[C@@H]2OC)O[C@@H](C)[C@@H]1O. The minimum absolute atomic E-state index is 0.0585. The highest BCUT2D eigenvalue weighted by atomic mass is 16.7. The zero-order valence-electron chi connectivity index (χ0n) is 32.3. The summed E-state index contributed by atoms with van der Waals surface area (Å²) in [6, 6.07) is 0. The van der Waals surface area contributed by atoms with Gasteiger partial charge in [-0.15, -0.1) is 0 Å². The van der Waals surface area contributed by atoms with Crippen LogP contribution in [-0.2, 0) is 47.4 Å². The molecule has 298 valence electrons. The highest BCUT2D eigenvalue weighted by Gasteiger charge is 2.59. The first-order valence-corrected chi connectivity index (χ1v) is 19.1. The maximum Gasteiger partial charge on any atom is 0.316 e. The Labute approximate surface area is 313 Å². The number of rotatable bonds is 6. The molecule has 16 atom stereocenters. The van der Waals surface area contributed by atoms with Crippen molar-refractivity contribution in [1.29, 1.82) is 0 Å². The number of carbonyl (C=O) groups is 1. The van der Waals surface area contributed by atoms with E-state index < -0.39 is 78.4 Å². The number of ether oxygens (including phenoxy) is 9.